The van der Waals surface area contributed by atoms with Crippen LogP contribution in [0.1, 0.15) is 39.0 Å². The lowest BCUT2D eigenvalue weighted by Gasteiger charge is -2.18. The first-order valence-electron chi connectivity index (χ1n) is 8.51. The van der Waals surface area contributed by atoms with Gasteiger partial charge in [-0.15, -0.1) is 0 Å². The van der Waals surface area contributed by atoms with Gasteiger partial charge in [-0.3, -0.25) is 9.59 Å². The number of carbonyl (C=O) groups is 2. The van der Waals surface area contributed by atoms with Crippen molar-refractivity contribution in [3.8, 4) is 5.75 Å². The molecule has 0 aromatic heterocycles. The number of benzene rings is 1. The molecule has 1 aliphatic heterocycles. The molecule has 1 atom stereocenters. The SMILES string of the molecule is CCOc1ccc(N2C[C@@H](NC(=O)C3CCCC3)CC2=O)cc1. The second-order valence-electron chi connectivity index (χ2n) is 6.32. The average molecular weight is 316 g/mol. The highest BCUT2D eigenvalue weighted by atomic mass is 16.5. The van der Waals surface area contributed by atoms with Gasteiger partial charge in [-0.1, -0.05) is 12.8 Å². The number of amides is 2. The Balaban J connectivity index is 1.59. The van der Waals surface area contributed by atoms with Crippen LogP contribution in [0.25, 0.3) is 0 Å². The van der Waals surface area contributed by atoms with E-state index in [-0.39, 0.29) is 23.8 Å². The van der Waals surface area contributed by atoms with Crippen LogP contribution in [0.5, 0.6) is 5.75 Å². The van der Waals surface area contributed by atoms with Crippen LogP contribution in [0, 0.1) is 5.92 Å². The largest absolute Gasteiger partial charge is 0.494 e. The summed E-state index contributed by atoms with van der Waals surface area (Å²) < 4.78 is 5.42. The number of carbonyl (C=O) groups excluding carboxylic acids is 2. The first kappa shape index (κ1) is 15.8. The molecular weight excluding hydrogens is 292 g/mol. The van der Waals surface area contributed by atoms with Crippen molar-refractivity contribution >= 4 is 17.5 Å². The highest BCUT2D eigenvalue weighted by Crippen LogP contribution is 2.27. The summed E-state index contributed by atoms with van der Waals surface area (Å²) in [5.41, 5.74) is 0.857. The minimum Gasteiger partial charge on any atom is -0.494 e. The van der Waals surface area contributed by atoms with Crippen molar-refractivity contribution in [1.29, 1.82) is 0 Å². The van der Waals surface area contributed by atoms with Gasteiger partial charge in [0.25, 0.3) is 0 Å². The smallest absolute Gasteiger partial charge is 0.229 e. The Labute approximate surface area is 137 Å². The predicted molar refractivity (Wildman–Crippen MR) is 88.5 cm³/mol. The van der Waals surface area contributed by atoms with Crippen LogP contribution in [0.2, 0.25) is 0 Å². The van der Waals surface area contributed by atoms with E-state index < -0.39 is 0 Å². The molecule has 1 saturated carbocycles. The third kappa shape index (κ3) is 3.66. The molecule has 5 nitrogen and oxygen atoms in total. The molecule has 1 heterocycles. The topological polar surface area (TPSA) is 58.6 Å². The van der Waals surface area contributed by atoms with E-state index in [0.29, 0.717) is 19.6 Å². The van der Waals surface area contributed by atoms with Crippen molar-refractivity contribution in [3.63, 3.8) is 0 Å². The number of anilines is 1. The molecule has 0 radical (unpaired) electrons. The lowest BCUT2D eigenvalue weighted by atomic mass is 10.1. The minimum absolute atomic E-state index is 0.0610. The number of nitrogens with zero attached hydrogens (tertiary/aromatic N) is 1. The molecule has 2 aliphatic rings. The Bertz CT molecular complexity index is 564. The van der Waals surface area contributed by atoms with Crippen LogP contribution in [0.3, 0.4) is 0 Å². The molecule has 1 aliphatic carbocycles. The third-order valence-corrected chi connectivity index (χ3v) is 4.66. The summed E-state index contributed by atoms with van der Waals surface area (Å²) in [5, 5.41) is 3.06. The summed E-state index contributed by atoms with van der Waals surface area (Å²) in [7, 11) is 0. The number of rotatable bonds is 5. The van der Waals surface area contributed by atoms with Gasteiger partial charge < -0.3 is 15.0 Å². The zero-order valence-electron chi connectivity index (χ0n) is 13.6. The molecule has 1 saturated heterocycles. The zero-order valence-corrected chi connectivity index (χ0v) is 13.6. The highest BCUT2D eigenvalue weighted by molar-refractivity contribution is 5.97. The Kier molecular flexibility index (Phi) is 4.84. The lowest BCUT2D eigenvalue weighted by molar-refractivity contribution is -0.125. The fourth-order valence-corrected chi connectivity index (χ4v) is 3.45. The maximum Gasteiger partial charge on any atom is 0.229 e. The highest BCUT2D eigenvalue weighted by Gasteiger charge is 2.33. The quantitative estimate of drug-likeness (QED) is 0.908. The van der Waals surface area contributed by atoms with Crippen LogP contribution >= 0.6 is 0 Å². The first-order chi connectivity index (χ1) is 11.2. The Morgan fingerprint density at radius 2 is 1.96 bits per heavy atom. The Morgan fingerprint density at radius 3 is 2.61 bits per heavy atom. The number of nitrogens with one attached hydrogen (secondary N) is 1. The van der Waals surface area contributed by atoms with Crippen molar-refractivity contribution in [2.45, 2.75) is 45.1 Å². The van der Waals surface area contributed by atoms with Gasteiger partial charge in [0, 0.05) is 24.6 Å². The van der Waals surface area contributed by atoms with Gasteiger partial charge in [0.2, 0.25) is 11.8 Å². The summed E-state index contributed by atoms with van der Waals surface area (Å²) in [5.74, 6) is 1.12. The molecule has 124 valence electrons. The molecule has 2 fully saturated rings. The fraction of sp³-hybridized carbons (Fsp3) is 0.556. The van der Waals surface area contributed by atoms with E-state index in [0.717, 1.165) is 37.1 Å². The van der Waals surface area contributed by atoms with Gasteiger partial charge in [0.1, 0.15) is 5.75 Å². The van der Waals surface area contributed by atoms with Crippen molar-refractivity contribution in [2.24, 2.45) is 5.92 Å². The molecule has 1 N–H and O–H groups in total. The summed E-state index contributed by atoms with van der Waals surface area (Å²) >= 11 is 0. The first-order valence-corrected chi connectivity index (χ1v) is 8.51. The van der Waals surface area contributed by atoms with Crippen molar-refractivity contribution in [1.82, 2.24) is 5.32 Å². The van der Waals surface area contributed by atoms with E-state index in [1.54, 1.807) is 4.90 Å². The molecule has 0 spiro atoms. The Morgan fingerprint density at radius 1 is 1.26 bits per heavy atom. The summed E-state index contributed by atoms with van der Waals surface area (Å²) in [6.45, 7) is 3.11. The summed E-state index contributed by atoms with van der Waals surface area (Å²) in [6.07, 6.45) is 4.62. The van der Waals surface area contributed by atoms with Gasteiger partial charge in [-0.05, 0) is 44.0 Å². The van der Waals surface area contributed by atoms with Crippen molar-refractivity contribution < 1.29 is 14.3 Å². The summed E-state index contributed by atoms with van der Waals surface area (Å²) in [6, 6.07) is 7.45. The maximum atomic E-state index is 12.2. The van der Waals surface area contributed by atoms with Gasteiger partial charge >= 0.3 is 0 Å². The van der Waals surface area contributed by atoms with Crippen molar-refractivity contribution in [2.75, 3.05) is 18.1 Å². The zero-order chi connectivity index (χ0) is 16.2. The van der Waals surface area contributed by atoms with Crippen LogP contribution in [0.15, 0.2) is 24.3 Å². The van der Waals surface area contributed by atoms with Gasteiger partial charge in [0.05, 0.1) is 12.6 Å². The van der Waals surface area contributed by atoms with Gasteiger partial charge in [0.15, 0.2) is 0 Å². The van der Waals surface area contributed by atoms with Crippen LogP contribution in [0.4, 0.5) is 5.69 Å². The van der Waals surface area contributed by atoms with E-state index in [9.17, 15) is 9.59 Å². The molecule has 3 rings (SSSR count). The predicted octanol–water partition coefficient (Wildman–Crippen LogP) is 2.50. The molecule has 2 amide bonds. The van der Waals surface area contributed by atoms with Crippen LogP contribution in [-0.4, -0.2) is 31.0 Å². The molecule has 23 heavy (non-hydrogen) atoms. The van der Waals surface area contributed by atoms with Crippen LogP contribution < -0.4 is 15.0 Å². The Hall–Kier alpha value is -2.04. The third-order valence-electron chi connectivity index (χ3n) is 4.66. The lowest BCUT2D eigenvalue weighted by Crippen LogP contribution is -2.40. The fourth-order valence-electron chi connectivity index (χ4n) is 3.45. The maximum absolute atomic E-state index is 12.2. The van der Waals surface area contributed by atoms with E-state index in [2.05, 4.69) is 5.32 Å². The minimum atomic E-state index is -0.0813. The second kappa shape index (κ2) is 7.02. The van der Waals surface area contributed by atoms with E-state index in [1.807, 2.05) is 31.2 Å². The van der Waals surface area contributed by atoms with Crippen LogP contribution in [-0.2, 0) is 9.59 Å². The monoisotopic (exact) mass is 316 g/mol. The average Bonchev–Trinajstić information content (AvgIpc) is 3.18. The van der Waals surface area contributed by atoms with Gasteiger partial charge in [-0.25, -0.2) is 0 Å². The van der Waals surface area contributed by atoms with Crippen molar-refractivity contribution in [3.05, 3.63) is 24.3 Å². The molecule has 0 bridgehead atoms. The molecule has 1 aromatic carbocycles. The normalized spacial score (nSPS) is 21.7. The van der Waals surface area contributed by atoms with E-state index in [1.165, 1.54) is 0 Å². The van der Waals surface area contributed by atoms with Gasteiger partial charge in [-0.2, -0.15) is 0 Å². The number of hydrogen-bond donors (Lipinski definition) is 1. The standard InChI is InChI=1S/C18H24N2O3/c1-2-23-16-9-7-15(8-10-16)20-12-14(11-17(20)21)19-18(22)13-5-3-4-6-13/h7-10,13-14H,2-6,11-12H2,1H3,(H,19,22)/t14-/m0/s1. The van der Waals surface area contributed by atoms with E-state index >= 15 is 0 Å². The summed E-state index contributed by atoms with van der Waals surface area (Å²) in [4.78, 5) is 26.2. The van der Waals surface area contributed by atoms with E-state index in [4.69, 9.17) is 4.74 Å². The molecule has 0 unspecified atom stereocenters. The molecule has 5 heteroatoms. The molecule has 1 aromatic rings. The second-order valence-corrected chi connectivity index (χ2v) is 6.32. The number of ether oxygens (including phenoxy) is 1. The number of hydrogen-bond acceptors (Lipinski definition) is 3. The molecular formula is C18H24N2O3.